The maximum absolute atomic E-state index is 13.5. The van der Waals surface area contributed by atoms with Crippen molar-refractivity contribution in [1.82, 2.24) is 9.78 Å². The first kappa shape index (κ1) is 12.8. The van der Waals surface area contributed by atoms with Crippen LogP contribution in [0.15, 0.2) is 18.2 Å². The van der Waals surface area contributed by atoms with Gasteiger partial charge in [-0.2, -0.15) is 5.10 Å². The summed E-state index contributed by atoms with van der Waals surface area (Å²) in [6, 6.07) is 4.73. The first-order valence-corrected chi connectivity index (χ1v) is 6.11. The highest BCUT2D eigenvalue weighted by Gasteiger charge is 2.15. The Labute approximate surface area is 106 Å². The molecule has 2 N–H and O–H groups in total. The van der Waals surface area contributed by atoms with E-state index in [9.17, 15) is 4.39 Å². The van der Waals surface area contributed by atoms with Crippen LogP contribution >= 0.6 is 0 Å². The average molecular weight is 247 g/mol. The minimum Gasteiger partial charge on any atom is -0.326 e. The SMILES string of the molecule is CCn1nc(C)c(-c2cc(F)ccc2CN)c1C. The van der Waals surface area contributed by atoms with Crippen molar-refractivity contribution < 1.29 is 4.39 Å². The van der Waals surface area contributed by atoms with Gasteiger partial charge in [0.25, 0.3) is 0 Å². The number of hydrogen-bond acceptors (Lipinski definition) is 2. The Hall–Kier alpha value is -1.68. The summed E-state index contributed by atoms with van der Waals surface area (Å²) in [4.78, 5) is 0. The first-order valence-electron chi connectivity index (χ1n) is 6.11. The number of aryl methyl sites for hydroxylation is 2. The predicted molar refractivity (Wildman–Crippen MR) is 70.7 cm³/mol. The van der Waals surface area contributed by atoms with Crippen LogP contribution in [0.2, 0.25) is 0 Å². The standard InChI is InChI=1S/C14H18FN3/c1-4-18-10(3)14(9(2)17-18)13-7-12(15)6-5-11(13)8-16/h5-7H,4,8,16H2,1-3H3. The molecule has 0 aliphatic heterocycles. The molecule has 0 atom stereocenters. The molecule has 2 rings (SSSR count). The molecular weight excluding hydrogens is 229 g/mol. The molecule has 0 amide bonds. The van der Waals surface area contributed by atoms with Crippen LogP contribution in [-0.4, -0.2) is 9.78 Å². The van der Waals surface area contributed by atoms with Gasteiger partial charge in [0.2, 0.25) is 0 Å². The topological polar surface area (TPSA) is 43.8 Å². The molecule has 0 unspecified atom stereocenters. The van der Waals surface area contributed by atoms with E-state index in [2.05, 4.69) is 5.10 Å². The fourth-order valence-electron chi connectivity index (χ4n) is 2.35. The second kappa shape index (κ2) is 4.90. The van der Waals surface area contributed by atoms with Crippen LogP contribution in [0, 0.1) is 19.7 Å². The normalized spacial score (nSPS) is 10.9. The monoisotopic (exact) mass is 247 g/mol. The minimum atomic E-state index is -0.245. The zero-order chi connectivity index (χ0) is 13.3. The summed E-state index contributed by atoms with van der Waals surface area (Å²) < 4.78 is 15.4. The number of nitrogens with zero attached hydrogens (tertiary/aromatic N) is 2. The Bertz CT molecular complexity index is 573. The van der Waals surface area contributed by atoms with Gasteiger partial charge in [0.05, 0.1) is 5.69 Å². The number of rotatable bonds is 3. The van der Waals surface area contributed by atoms with Gasteiger partial charge < -0.3 is 5.73 Å². The van der Waals surface area contributed by atoms with Crippen molar-refractivity contribution >= 4 is 0 Å². The first-order chi connectivity index (χ1) is 8.58. The van der Waals surface area contributed by atoms with Gasteiger partial charge >= 0.3 is 0 Å². The Kier molecular flexibility index (Phi) is 3.48. The molecule has 1 heterocycles. The summed E-state index contributed by atoms with van der Waals surface area (Å²) >= 11 is 0. The largest absolute Gasteiger partial charge is 0.326 e. The van der Waals surface area contributed by atoms with Gasteiger partial charge in [-0.1, -0.05) is 6.07 Å². The summed E-state index contributed by atoms with van der Waals surface area (Å²) in [7, 11) is 0. The van der Waals surface area contributed by atoms with Gasteiger partial charge in [-0.15, -0.1) is 0 Å². The molecule has 0 bridgehead atoms. The van der Waals surface area contributed by atoms with E-state index in [0.717, 1.165) is 34.6 Å². The van der Waals surface area contributed by atoms with Gasteiger partial charge in [0, 0.05) is 24.3 Å². The van der Waals surface area contributed by atoms with Crippen molar-refractivity contribution in [2.75, 3.05) is 0 Å². The van der Waals surface area contributed by atoms with Gasteiger partial charge in [-0.05, 0) is 44.0 Å². The molecular formula is C14H18FN3. The van der Waals surface area contributed by atoms with E-state index in [1.807, 2.05) is 25.5 Å². The van der Waals surface area contributed by atoms with Crippen LogP contribution in [0.3, 0.4) is 0 Å². The van der Waals surface area contributed by atoms with Crippen LogP contribution in [0.1, 0.15) is 23.9 Å². The molecule has 0 saturated heterocycles. The van der Waals surface area contributed by atoms with Crippen molar-refractivity contribution in [1.29, 1.82) is 0 Å². The highest BCUT2D eigenvalue weighted by molar-refractivity contribution is 5.71. The fourth-order valence-corrected chi connectivity index (χ4v) is 2.35. The molecule has 1 aromatic carbocycles. The lowest BCUT2D eigenvalue weighted by Crippen LogP contribution is -2.01. The van der Waals surface area contributed by atoms with Crippen LogP contribution in [0.5, 0.6) is 0 Å². The summed E-state index contributed by atoms with van der Waals surface area (Å²) in [6.45, 7) is 7.19. The van der Waals surface area contributed by atoms with E-state index in [-0.39, 0.29) is 5.82 Å². The molecule has 0 aliphatic carbocycles. The predicted octanol–water partition coefficient (Wildman–Crippen LogP) is 2.78. The van der Waals surface area contributed by atoms with Crippen LogP contribution in [0.25, 0.3) is 11.1 Å². The van der Waals surface area contributed by atoms with E-state index in [4.69, 9.17) is 5.73 Å². The summed E-state index contributed by atoms with van der Waals surface area (Å²) in [5, 5.41) is 4.46. The van der Waals surface area contributed by atoms with Crippen molar-refractivity contribution in [3.8, 4) is 11.1 Å². The number of aromatic nitrogens is 2. The van der Waals surface area contributed by atoms with Crippen molar-refractivity contribution in [3.05, 3.63) is 41.0 Å². The van der Waals surface area contributed by atoms with Crippen LogP contribution < -0.4 is 5.73 Å². The highest BCUT2D eigenvalue weighted by atomic mass is 19.1. The second-order valence-corrected chi connectivity index (χ2v) is 4.37. The molecule has 96 valence electrons. The van der Waals surface area contributed by atoms with Crippen LogP contribution in [-0.2, 0) is 13.1 Å². The van der Waals surface area contributed by atoms with Gasteiger partial charge in [-0.25, -0.2) is 4.39 Å². The lowest BCUT2D eigenvalue weighted by atomic mass is 9.98. The average Bonchev–Trinajstić information content (AvgIpc) is 2.64. The molecule has 0 radical (unpaired) electrons. The lowest BCUT2D eigenvalue weighted by Gasteiger charge is -2.09. The van der Waals surface area contributed by atoms with E-state index >= 15 is 0 Å². The quantitative estimate of drug-likeness (QED) is 0.906. The summed E-state index contributed by atoms with van der Waals surface area (Å²) in [6.07, 6.45) is 0. The molecule has 1 aromatic heterocycles. The molecule has 4 heteroatoms. The third-order valence-corrected chi connectivity index (χ3v) is 3.24. The Balaban J connectivity index is 2.68. The van der Waals surface area contributed by atoms with E-state index in [0.29, 0.717) is 6.54 Å². The molecule has 0 spiro atoms. The Morgan fingerprint density at radius 3 is 2.61 bits per heavy atom. The maximum atomic E-state index is 13.5. The number of nitrogens with two attached hydrogens (primary N) is 1. The summed E-state index contributed by atoms with van der Waals surface area (Å²) in [5.41, 5.74) is 10.5. The number of hydrogen-bond donors (Lipinski definition) is 1. The van der Waals surface area contributed by atoms with Crippen molar-refractivity contribution in [2.45, 2.75) is 33.9 Å². The fraction of sp³-hybridized carbons (Fsp3) is 0.357. The number of halogens is 1. The smallest absolute Gasteiger partial charge is 0.123 e. The van der Waals surface area contributed by atoms with Gasteiger partial charge in [0.1, 0.15) is 5.82 Å². The van der Waals surface area contributed by atoms with Gasteiger partial charge in [0.15, 0.2) is 0 Å². The highest BCUT2D eigenvalue weighted by Crippen LogP contribution is 2.30. The molecule has 0 saturated carbocycles. The lowest BCUT2D eigenvalue weighted by molar-refractivity contribution is 0.627. The number of benzene rings is 1. The maximum Gasteiger partial charge on any atom is 0.123 e. The van der Waals surface area contributed by atoms with Crippen LogP contribution in [0.4, 0.5) is 4.39 Å². The summed E-state index contributed by atoms with van der Waals surface area (Å²) in [5.74, 6) is -0.245. The molecule has 3 nitrogen and oxygen atoms in total. The molecule has 2 aromatic rings. The molecule has 0 fully saturated rings. The van der Waals surface area contributed by atoms with E-state index < -0.39 is 0 Å². The Morgan fingerprint density at radius 2 is 2.06 bits per heavy atom. The minimum absolute atomic E-state index is 0.245. The zero-order valence-electron chi connectivity index (χ0n) is 11.0. The van der Waals surface area contributed by atoms with Gasteiger partial charge in [-0.3, -0.25) is 4.68 Å². The third-order valence-electron chi connectivity index (χ3n) is 3.24. The van der Waals surface area contributed by atoms with E-state index in [1.165, 1.54) is 6.07 Å². The van der Waals surface area contributed by atoms with Crippen molar-refractivity contribution in [3.63, 3.8) is 0 Å². The second-order valence-electron chi connectivity index (χ2n) is 4.37. The molecule has 18 heavy (non-hydrogen) atoms. The molecule has 0 aliphatic rings. The Morgan fingerprint density at radius 1 is 1.33 bits per heavy atom. The zero-order valence-corrected chi connectivity index (χ0v) is 11.0. The van der Waals surface area contributed by atoms with E-state index in [1.54, 1.807) is 12.1 Å². The van der Waals surface area contributed by atoms with Crippen molar-refractivity contribution in [2.24, 2.45) is 5.73 Å². The third kappa shape index (κ3) is 2.04.